The standard InChI is InChI=1S/C17H22N4O2S/c1-20-14-17(12-18-20)21-10-5-8-16(13-21)19-24(22,23)11-9-15-6-3-2-4-7-15/h2-4,6-7,9,11-12,14,16,19H,5,8,10,13H2,1H3/b11-9+. The highest BCUT2D eigenvalue weighted by Gasteiger charge is 2.23. The van der Waals surface area contributed by atoms with Crippen molar-refractivity contribution in [3.8, 4) is 0 Å². The molecule has 7 heteroatoms. The zero-order valence-corrected chi connectivity index (χ0v) is 14.5. The largest absolute Gasteiger partial charge is 0.367 e. The first-order valence-electron chi connectivity index (χ1n) is 8.01. The minimum Gasteiger partial charge on any atom is -0.367 e. The van der Waals surface area contributed by atoms with Crippen molar-refractivity contribution in [3.63, 3.8) is 0 Å². The van der Waals surface area contributed by atoms with Crippen LogP contribution in [0.3, 0.4) is 0 Å². The molecule has 0 aliphatic carbocycles. The number of sulfonamides is 1. The lowest BCUT2D eigenvalue weighted by molar-refractivity contribution is 0.468. The molecule has 6 nitrogen and oxygen atoms in total. The van der Waals surface area contributed by atoms with Gasteiger partial charge in [-0.2, -0.15) is 5.10 Å². The van der Waals surface area contributed by atoms with Gasteiger partial charge in [-0.15, -0.1) is 0 Å². The smallest absolute Gasteiger partial charge is 0.234 e. The Morgan fingerprint density at radius 2 is 2.08 bits per heavy atom. The van der Waals surface area contributed by atoms with Gasteiger partial charge in [0.2, 0.25) is 10.0 Å². The normalized spacial score (nSPS) is 19.0. The second-order valence-electron chi connectivity index (χ2n) is 6.03. The van der Waals surface area contributed by atoms with Gasteiger partial charge in [0.25, 0.3) is 0 Å². The first kappa shape index (κ1) is 16.7. The zero-order valence-electron chi connectivity index (χ0n) is 13.7. The number of hydrogen-bond acceptors (Lipinski definition) is 4. The summed E-state index contributed by atoms with van der Waals surface area (Å²) < 4.78 is 29.1. The minimum atomic E-state index is -3.46. The first-order chi connectivity index (χ1) is 11.5. The van der Waals surface area contributed by atoms with E-state index in [0.717, 1.165) is 30.6 Å². The van der Waals surface area contributed by atoms with Gasteiger partial charge in [-0.1, -0.05) is 30.3 Å². The van der Waals surface area contributed by atoms with Crippen molar-refractivity contribution >= 4 is 21.8 Å². The minimum absolute atomic E-state index is 0.0932. The predicted octanol–water partition coefficient (Wildman–Crippen LogP) is 1.98. The maximum absolute atomic E-state index is 12.3. The fourth-order valence-electron chi connectivity index (χ4n) is 2.88. The van der Waals surface area contributed by atoms with E-state index in [4.69, 9.17) is 0 Å². The summed E-state index contributed by atoms with van der Waals surface area (Å²) in [7, 11) is -1.58. The van der Waals surface area contributed by atoms with Crippen molar-refractivity contribution in [2.45, 2.75) is 18.9 Å². The van der Waals surface area contributed by atoms with Crippen LogP contribution in [0.2, 0.25) is 0 Å². The van der Waals surface area contributed by atoms with Crippen molar-refractivity contribution in [2.75, 3.05) is 18.0 Å². The first-order valence-corrected chi connectivity index (χ1v) is 9.55. The van der Waals surface area contributed by atoms with E-state index in [-0.39, 0.29) is 6.04 Å². The highest BCUT2D eigenvalue weighted by Crippen LogP contribution is 2.19. The van der Waals surface area contributed by atoms with Crippen LogP contribution in [-0.2, 0) is 17.1 Å². The number of nitrogens with one attached hydrogen (secondary N) is 1. The summed E-state index contributed by atoms with van der Waals surface area (Å²) in [6, 6.07) is 9.32. The molecule has 1 atom stereocenters. The third-order valence-electron chi connectivity index (χ3n) is 4.05. The molecule has 0 radical (unpaired) electrons. The Hall–Kier alpha value is -2.12. The van der Waals surface area contributed by atoms with Crippen LogP contribution in [0, 0.1) is 0 Å². The van der Waals surface area contributed by atoms with E-state index >= 15 is 0 Å². The Morgan fingerprint density at radius 3 is 2.79 bits per heavy atom. The van der Waals surface area contributed by atoms with Gasteiger partial charge in [0.05, 0.1) is 11.9 Å². The van der Waals surface area contributed by atoms with E-state index in [2.05, 4.69) is 14.7 Å². The number of aryl methyl sites for hydroxylation is 1. The number of hydrogen-bond donors (Lipinski definition) is 1. The molecule has 1 aliphatic heterocycles. The molecule has 128 valence electrons. The molecule has 1 aromatic carbocycles. The number of anilines is 1. The predicted molar refractivity (Wildman–Crippen MR) is 96.0 cm³/mol. The average Bonchev–Trinajstić information content (AvgIpc) is 3.01. The van der Waals surface area contributed by atoms with E-state index in [1.165, 1.54) is 5.41 Å². The summed E-state index contributed by atoms with van der Waals surface area (Å²) in [5, 5.41) is 5.42. The van der Waals surface area contributed by atoms with E-state index in [0.29, 0.717) is 6.54 Å². The van der Waals surface area contributed by atoms with E-state index in [1.54, 1.807) is 10.8 Å². The monoisotopic (exact) mass is 346 g/mol. The van der Waals surface area contributed by atoms with Crippen molar-refractivity contribution in [3.05, 3.63) is 53.7 Å². The van der Waals surface area contributed by atoms with Crippen molar-refractivity contribution in [1.82, 2.24) is 14.5 Å². The topological polar surface area (TPSA) is 67.2 Å². The van der Waals surface area contributed by atoms with Crippen LogP contribution in [0.1, 0.15) is 18.4 Å². The zero-order chi connectivity index (χ0) is 17.0. The molecular weight excluding hydrogens is 324 g/mol. The summed E-state index contributed by atoms with van der Waals surface area (Å²) in [5.41, 5.74) is 1.89. The van der Waals surface area contributed by atoms with Crippen LogP contribution in [0.15, 0.2) is 48.1 Å². The summed E-state index contributed by atoms with van der Waals surface area (Å²) in [6.45, 7) is 1.58. The molecule has 1 saturated heterocycles. The van der Waals surface area contributed by atoms with Crippen molar-refractivity contribution in [1.29, 1.82) is 0 Å². The van der Waals surface area contributed by atoms with Crippen LogP contribution in [-0.4, -0.2) is 37.3 Å². The number of piperidine rings is 1. The molecule has 0 spiro atoms. The number of benzene rings is 1. The van der Waals surface area contributed by atoms with Gasteiger partial charge in [0.1, 0.15) is 0 Å². The maximum Gasteiger partial charge on any atom is 0.234 e. The Bertz CT molecular complexity index is 799. The lowest BCUT2D eigenvalue weighted by atomic mass is 10.1. The van der Waals surface area contributed by atoms with Gasteiger partial charge in [0.15, 0.2) is 0 Å². The molecule has 1 fully saturated rings. The lowest BCUT2D eigenvalue weighted by Gasteiger charge is -2.33. The fourth-order valence-corrected chi connectivity index (χ4v) is 3.96. The van der Waals surface area contributed by atoms with Gasteiger partial charge >= 0.3 is 0 Å². The summed E-state index contributed by atoms with van der Waals surface area (Å²) in [4.78, 5) is 2.17. The Morgan fingerprint density at radius 1 is 1.29 bits per heavy atom. The number of nitrogens with zero attached hydrogens (tertiary/aromatic N) is 3. The quantitative estimate of drug-likeness (QED) is 0.899. The van der Waals surface area contributed by atoms with E-state index < -0.39 is 10.0 Å². The summed E-state index contributed by atoms with van der Waals surface area (Å²) in [6.07, 6.45) is 7.17. The molecule has 0 bridgehead atoms. The Balaban J connectivity index is 1.63. The molecule has 1 aromatic heterocycles. The molecule has 2 heterocycles. The fraction of sp³-hybridized carbons (Fsp3) is 0.353. The molecule has 1 unspecified atom stereocenters. The average molecular weight is 346 g/mol. The second kappa shape index (κ2) is 7.19. The molecule has 0 amide bonds. The molecule has 2 aromatic rings. The second-order valence-corrected chi connectivity index (χ2v) is 7.63. The van der Waals surface area contributed by atoms with Crippen LogP contribution in [0.4, 0.5) is 5.69 Å². The lowest BCUT2D eigenvalue weighted by Crippen LogP contribution is -2.47. The summed E-state index contributed by atoms with van der Waals surface area (Å²) >= 11 is 0. The van der Waals surface area contributed by atoms with Gasteiger partial charge in [-0.25, -0.2) is 13.1 Å². The molecule has 3 rings (SSSR count). The van der Waals surface area contributed by atoms with E-state index in [9.17, 15) is 8.42 Å². The highest BCUT2D eigenvalue weighted by molar-refractivity contribution is 7.92. The molecule has 0 saturated carbocycles. The van der Waals surface area contributed by atoms with Crippen LogP contribution in [0.5, 0.6) is 0 Å². The van der Waals surface area contributed by atoms with Crippen LogP contribution in [0.25, 0.3) is 6.08 Å². The van der Waals surface area contributed by atoms with E-state index in [1.807, 2.05) is 49.8 Å². The van der Waals surface area contributed by atoms with Crippen molar-refractivity contribution in [2.24, 2.45) is 7.05 Å². The molecule has 1 aliphatic rings. The molecule has 1 N–H and O–H groups in total. The number of rotatable bonds is 5. The Labute approximate surface area is 142 Å². The SMILES string of the molecule is Cn1cc(N2CCCC(NS(=O)(=O)/C=C/c3ccccc3)C2)cn1. The van der Waals surface area contributed by atoms with Crippen molar-refractivity contribution < 1.29 is 8.42 Å². The highest BCUT2D eigenvalue weighted by atomic mass is 32.2. The Kier molecular flexibility index (Phi) is 5.01. The van der Waals surface area contributed by atoms with Gasteiger partial charge in [-0.05, 0) is 24.5 Å². The molecule has 24 heavy (non-hydrogen) atoms. The molecular formula is C17H22N4O2S. The third kappa shape index (κ3) is 4.46. The van der Waals surface area contributed by atoms with Gasteiger partial charge in [-0.3, -0.25) is 4.68 Å². The summed E-state index contributed by atoms with van der Waals surface area (Å²) in [5.74, 6) is 0. The maximum atomic E-state index is 12.3. The third-order valence-corrected chi connectivity index (χ3v) is 5.20. The van der Waals surface area contributed by atoms with Crippen LogP contribution < -0.4 is 9.62 Å². The number of aromatic nitrogens is 2. The van der Waals surface area contributed by atoms with Gasteiger partial charge in [0, 0.05) is 37.8 Å². The van der Waals surface area contributed by atoms with Gasteiger partial charge < -0.3 is 4.90 Å². The van der Waals surface area contributed by atoms with Crippen LogP contribution >= 0.6 is 0 Å².